The molecule has 2 aromatic heterocycles. The molecule has 2 rings (SSSR count). The molecule has 0 aliphatic heterocycles. The third kappa shape index (κ3) is 3.80. The van der Waals surface area contributed by atoms with Crippen LogP contribution in [-0.2, 0) is 6.54 Å². The fourth-order valence-corrected chi connectivity index (χ4v) is 1.49. The second-order valence-electron chi connectivity index (χ2n) is 3.92. The van der Waals surface area contributed by atoms with Gasteiger partial charge >= 0.3 is 12.0 Å². The summed E-state index contributed by atoms with van der Waals surface area (Å²) < 4.78 is 1.84. The van der Waals surface area contributed by atoms with Crippen LogP contribution in [0.5, 0.6) is 0 Å². The Hall–Kier alpha value is -2.90. The summed E-state index contributed by atoms with van der Waals surface area (Å²) in [4.78, 5) is 29.8. The minimum Gasteiger partial charge on any atom is -0.477 e. The fourth-order valence-electron chi connectivity index (χ4n) is 1.49. The molecule has 0 aromatic carbocycles. The lowest BCUT2D eigenvalue weighted by atomic mass is 10.3. The number of hydrogen-bond acceptors (Lipinski definition) is 4. The first-order valence-electron chi connectivity index (χ1n) is 5.85. The Morgan fingerprint density at radius 2 is 2.20 bits per heavy atom. The molecule has 0 radical (unpaired) electrons. The molecule has 20 heavy (non-hydrogen) atoms. The van der Waals surface area contributed by atoms with Gasteiger partial charge in [0.25, 0.3) is 0 Å². The molecule has 3 N–H and O–H groups in total. The average molecular weight is 275 g/mol. The summed E-state index contributed by atoms with van der Waals surface area (Å²) in [5.41, 5.74) is 0.353. The largest absolute Gasteiger partial charge is 0.477 e. The predicted molar refractivity (Wildman–Crippen MR) is 70.4 cm³/mol. The smallest absolute Gasteiger partial charge is 0.354 e. The standard InChI is InChI=1S/C12H13N5O3/c18-11(19)10-2-1-9(7-15-10)16-12(20)14-4-6-17-5-3-13-8-17/h1-3,5,7-8H,4,6H2,(H,18,19)(H2,14,16,20). The van der Waals surface area contributed by atoms with Crippen molar-refractivity contribution < 1.29 is 14.7 Å². The molecule has 0 bridgehead atoms. The highest BCUT2D eigenvalue weighted by Crippen LogP contribution is 2.05. The number of rotatable bonds is 5. The normalized spacial score (nSPS) is 10.0. The van der Waals surface area contributed by atoms with E-state index >= 15 is 0 Å². The molecule has 0 aliphatic carbocycles. The topological polar surface area (TPSA) is 109 Å². The van der Waals surface area contributed by atoms with Crippen molar-refractivity contribution in [1.82, 2.24) is 19.9 Å². The SMILES string of the molecule is O=C(NCCn1ccnc1)Nc1ccc(C(=O)O)nc1. The van der Waals surface area contributed by atoms with Crippen molar-refractivity contribution in [3.05, 3.63) is 42.7 Å². The van der Waals surface area contributed by atoms with Crippen LogP contribution in [0.2, 0.25) is 0 Å². The van der Waals surface area contributed by atoms with E-state index in [0.29, 0.717) is 18.8 Å². The zero-order valence-electron chi connectivity index (χ0n) is 10.5. The Morgan fingerprint density at radius 3 is 2.80 bits per heavy atom. The summed E-state index contributed by atoms with van der Waals surface area (Å²) in [6.45, 7) is 1.06. The highest BCUT2D eigenvalue weighted by atomic mass is 16.4. The van der Waals surface area contributed by atoms with Crippen molar-refractivity contribution in [2.24, 2.45) is 0 Å². The lowest BCUT2D eigenvalue weighted by Gasteiger charge is -2.07. The van der Waals surface area contributed by atoms with Gasteiger partial charge in [0.05, 0.1) is 18.2 Å². The number of carbonyl (C=O) groups excluding carboxylic acids is 1. The van der Waals surface area contributed by atoms with Gasteiger partial charge in [-0.25, -0.2) is 19.6 Å². The Balaban J connectivity index is 1.77. The number of carboxylic acids is 1. The lowest BCUT2D eigenvalue weighted by molar-refractivity contribution is 0.0690. The molecule has 0 fully saturated rings. The van der Waals surface area contributed by atoms with Crippen LogP contribution < -0.4 is 10.6 Å². The van der Waals surface area contributed by atoms with Crippen molar-refractivity contribution in [3.63, 3.8) is 0 Å². The van der Waals surface area contributed by atoms with Gasteiger partial charge in [-0.2, -0.15) is 0 Å². The summed E-state index contributed by atoms with van der Waals surface area (Å²) in [5, 5.41) is 13.9. The highest BCUT2D eigenvalue weighted by molar-refractivity contribution is 5.90. The summed E-state index contributed by atoms with van der Waals surface area (Å²) in [5.74, 6) is -1.11. The van der Waals surface area contributed by atoms with Gasteiger partial charge in [0.15, 0.2) is 0 Å². The number of aromatic carboxylic acids is 1. The number of carboxylic acid groups (broad SMARTS) is 1. The summed E-state index contributed by atoms with van der Waals surface area (Å²) in [6, 6.07) is 2.42. The molecule has 8 nitrogen and oxygen atoms in total. The van der Waals surface area contributed by atoms with Gasteiger partial charge in [-0.05, 0) is 12.1 Å². The summed E-state index contributed by atoms with van der Waals surface area (Å²) in [7, 11) is 0. The van der Waals surface area contributed by atoms with E-state index in [1.54, 1.807) is 18.7 Å². The Kier molecular flexibility index (Phi) is 4.28. The number of aromatic nitrogens is 3. The molecular formula is C12H13N5O3. The quantitative estimate of drug-likeness (QED) is 0.747. The van der Waals surface area contributed by atoms with E-state index in [4.69, 9.17) is 5.11 Å². The van der Waals surface area contributed by atoms with Crippen molar-refractivity contribution in [3.8, 4) is 0 Å². The molecular weight excluding hydrogens is 262 g/mol. The van der Waals surface area contributed by atoms with Crippen molar-refractivity contribution >= 4 is 17.7 Å². The Morgan fingerprint density at radius 1 is 1.35 bits per heavy atom. The lowest BCUT2D eigenvalue weighted by Crippen LogP contribution is -2.31. The first-order chi connectivity index (χ1) is 9.65. The van der Waals surface area contributed by atoms with Crippen LogP contribution in [0.15, 0.2) is 37.1 Å². The maximum absolute atomic E-state index is 11.6. The van der Waals surface area contributed by atoms with E-state index < -0.39 is 5.97 Å². The van der Waals surface area contributed by atoms with Crippen LogP contribution in [0.4, 0.5) is 10.5 Å². The van der Waals surface area contributed by atoms with E-state index in [-0.39, 0.29) is 11.7 Å². The molecule has 0 saturated carbocycles. The van der Waals surface area contributed by atoms with E-state index in [0.717, 1.165) is 0 Å². The van der Waals surface area contributed by atoms with Crippen LogP contribution >= 0.6 is 0 Å². The van der Waals surface area contributed by atoms with Crippen molar-refractivity contribution in [2.75, 3.05) is 11.9 Å². The number of amides is 2. The maximum atomic E-state index is 11.6. The van der Waals surface area contributed by atoms with E-state index in [2.05, 4.69) is 20.6 Å². The Bertz CT molecular complexity index is 580. The number of carbonyl (C=O) groups is 2. The van der Waals surface area contributed by atoms with Crippen LogP contribution in [0, 0.1) is 0 Å². The number of nitrogens with zero attached hydrogens (tertiary/aromatic N) is 3. The van der Waals surface area contributed by atoms with Gasteiger partial charge < -0.3 is 20.3 Å². The minimum absolute atomic E-state index is 0.0731. The predicted octanol–water partition coefficient (Wildman–Crippen LogP) is 0.798. The van der Waals surface area contributed by atoms with E-state index in [1.807, 2.05) is 4.57 Å². The van der Waals surface area contributed by atoms with E-state index in [1.165, 1.54) is 18.3 Å². The molecule has 0 aliphatic rings. The van der Waals surface area contributed by atoms with Crippen LogP contribution in [0.25, 0.3) is 0 Å². The second kappa shape index (κ2) is 6.32. The number of pyridine rings is 1. The van der Waals surface area contributed by atoms with Crippen molar-refractivity contribution in [2.45, 2.75) is 6.54 Å². The zero-order valence-corrected chi connectivity index (χ0v) is 10.5. The van der Waals surface area contributed by atoms with Gasteiger partial charge in [0.2, 0.25) is 0 Å². The summed E-state index contributed by atoms with van der Waals surface area (Å²) >= 11 is 0. The van der Waals surface area contributed by atoms with Crippen LogP contribution in [0.1, 0.15) is 10.5 Å². The first-order valence-corrected chi connectivity index (χ1v) is 5.85. The second-order valence-corrected chi connectivity index (χ2v) is 3.92. The highest BCUT2D eigenvalue weighted by Gasteiger charge is 2.05. The zero-order chi connectivity index (χ0) is 14.4. The molecule has 104 valence electrons. The van der Waals surface area contributed by atoms with Gasteiger partial charge in [-0.1, -0.05) is 0 Å². The molecule has 0 atom stereocenters. The average Bonchev–Trinajstić information content (AvgIpc) is 2.92. The van der Waals surface area contributed by atoms with Gasteiger partial charge in [-0.3, -0.25) is 0 Å². The number of hydrogen-bond donors (Lipinski definition) is 3. The molecule has 8 heteroatoms. The maximum Gasteiger partial charge on any atom is 0.354 e. The van der Waals surface area contributed by atoms with Gasteiger partial charge in [-0.15, -0.1) is 0 Å². The van der Waals surface area contributed by atoms with Crippen LogP contribution in [-0.4, -0.2) is 38.2 Å². The number of imidazole rings is 1. The fraction of sp³-hybridized carbons (Fsp3) is 0.167. The summed E-state index contributed by atoms with van der Waals surface area (Å²) in [6.07, 6.45) is 6.41. The molecule has 2 aromatic rings. The van der Waals surface area contributed by atoms with E-state index in [9.17, 15) is 9.59 Å². The molecule has 0 spiro atoms. The first kappa shape index (κ1) is 13.5. The number of nitrogens with one attached hydrogen (secondary N) is 2. The monoisotopic (exact) mass is 275 g/mol. The van der Waals surface area contributed by atoms with Gasteiger partial charge in [0.1, 0.15) is 5.69 Å². The number of anilines is 1. The Labute approximate surface area is 114 Å². The molecule has 2 amide bonds. The third-order valence-corrected chi connectivity index (χ3v) is 2.46. The minimum atomic E-state index is -1.11. The number of urea groups is 1. The van der Waals surface area contributed by atoms with Gasteiger partial charge in [0, 0.05) is 25.5 Å². The third-order valence-electron chi connectivity index (χ3n) is 2.46. The van der Waals surface area contributed by atoms with Crippen LogP contribution in [0.3, 0.4) is 0 Å². The molecule has 0 saturated heterocycles. The molecule has 0 unspecified atom stereocenters. The van der Waals surface area contributed by atoms with Crippen molar-refractivity contribution in [1.29, 1.82) is 0 Å². The molecule has 2 heterocycles.